The Hall–Kier alpha value is -0.410. The normalized spacial score (nSPS) is 9.12. The molecule has 2 N–H and O–H groups in total. The summed E-state index contributed by atoms with van der Waals surface area (Å²) >= 11 is 0. The first-order valence-electron chi connectivity index (χ1n) is 2.67. The Morgan fingerprint density at radius 1 is 1.50 bits per heavy atom. The van der Waals surface area contributed by atoms with Gasteiger partial charge in [-0.15, -0.1) is 0 Å². The summed E-state index contributed by atoms with van der Waals surface area (Å²) in [7, 11) is 0. The van der Waals surface area contributed by atoms with Gasteiger partial charge in [0.25, 0.3) is 0 Å². The number of nitrogens with one attached hydrogen (secondary N) is 1. The zero-order valence-corrected chi connectivity index (χ0v) is 4.76. The molecule has 0 bridgehead atoms. The van der Waals surface area contributed by atoms with E-state index >= 15 is 0 Å². The highest BCUT2D eigenvalue weighted by molar-refractivity contribution is 5.49. The van der Waals surface area contributed by atoms with E-state index in [4.69, 9.17) is 5.11 Å². The number of rotatable bonds is 5. The Kier molecular flexibility index (Phi) is 6.25. The molecule has 0 aromatic rings. The lowest BCUT2D eigenvalue weighted by Crippen LogP contribution is -2.19. The van der Waals surface area contributed by atoms with Gasteiger partial charge in [-0.2, -0.15) is 0 Å². The van der Waals surface area contributed by atoms with Gasteiger partial charge in [0.05, 0.1) is 6.61 Å². The zero-order valence-electron chi connectivity index (χ0n) is 4.76. The van der Waals surface area contributed by atoms with Crippen LogP contribution >= 0.6 is 0 Å². The van der Waals surface area contributed by atoms with E-state index in [2.05, 4.69) is 5.32 Å². The topological polar surface area (TPSA) is 49.3 Å². The minimum atomic E-state index is 0.138. The number of aldehydes is 1. The summed E-state index contributed by atoms with van der Waals surface area (Å²) in [4.78, 5) is 9.67. The van der Waals surface area contributed by atoms with E-state index in [1.807, 2.05) is 0 Å². The Balaban J connectivity index is 2.62. The van der Waals surface area contributed by atoms with Crippen LogP contribution in [0.2, 0.25) is 0 Å². The highest BCUT2D eigenvalue weighted by Gasteiger charge is 1.81. The maximum atomic E-state index is 9.67. The molecule has 48 valence electrons. The van der Waals surface area contributed by atoms with Crippen molar-refractivity contribution >= 4 is 6.29 Å². The fraction of sp³-hybridized carbons (Fsp3) is 0.800. The Labute approximate surface area is 48.7 Å². The van der Waals surface area contributed by atoms with Gasteiger partial charge in [0, 0.05) is 19.5 Å². The number of carbonyl (C=O) groups excluding carboxylic acids is 1. The molecule has 0 unspecified atom stereocenters. The van der Waals surface area contributed by atoms with Crippen molar-refractivity contribution in [2.75, 3.05) is 19.7 Å². The van der Waals surface area contributed by atoms with Gasteiger partial charge in [0.1, 0.15) is 6.29 Å². The monoisotopic (exact) mass is 117 g/mol. The molecule has 3 nitrogen and oxygen atoms in total. The van der Waals surface area contributed by atoms with E-state index in [0.29, 0.717) is 19.5 Å². The van der Waals surface area contributed by atoms with Crippen LogP contribution in [-0.4, -0.2) is 31.1 Å². The summed E-state index contributed by atoms with van der Waals surface area (Å²) in [6, 6.07) is 0. The minimum Gasteiger partial charge on any atom is -0.395 e. The molecule has 8 heavy (non-hydrogen) atoms. The third-order valence-electron chi connectivity index (χ3n) is 0.728. The smallest absolute Gasteiger partial charge is 0.121 e. The van der Waals surface area contributed by atoms with Crippen LogP contribution in [0.3, 0.4) is 0 Å². The maximum absolute atomic E-state index is 9.67. The molecule has 0 spiro atoms. The first-order valence-corrected chi connectivity index (χ1v) is 2.67. The second-order valence-corrected chi connectivity index (χ2v) is 1.43. The quantitative estimate of drug-likeness (QED) is 0.364. The van der Waals surface area contributed by atoms with Crippen molar-refractivity contribution in [1.29, 1.82) is 0 Å². The molecule has 0 aliphatic carbocycles. The molecule has 0 atom stereocenters. The number of aliphatic hydroxyl groups excluding tert-OH is 1. The molecule has 0 aromatic carbocycles. The highest BCUT2D eigenvalue weighted by atomic mass is 16.3. The molecule has 0 aliphatic heterocycles. The lowest BCUT2D eigenvalue weighted by Gasteiger charge is -1.94. The number of aliphatic hydroxyl groups is 1. The van der Waals surface area contributed by atoms with Crippen LogP contribution in [0, 0.1) is 0 Å². The molecule has 0 amide bonds. The summed E-state index contributed by atoms with van der Waals surface area (Å²) < 4.78 is 0. The van der Waals surface area contributed by atoms with Gasteiger partial charge < -0.3 is 15.2 Å². The van der Waals surface area contributed by atoms with Gasteiger partial charge in [0.15, 0.2) is 0 Å². The molecule has 3 heteroatoms. The van der Waals surface area contributed by atoms with Gasteiger partial charge in [-0.1, -0.05) is 0 Å². The second kappa shape index (κ2) is 6.59. The van der Waals surface area contributed by atoms with Gasteiger partial charge in [-0.3, -0.25) is 0 Å². The van der Waals surface area contributed by atoms with Crippen LogP contribution in [0.5, 0.6) is 0 Å². The Bertz CT molecular complexity index is 56.4. The first kappa shape index (κ1) is 7.59. The van der Waals surface area contributed by atoms with Crippen molar-refractivity contribution in [2.45, 2.75) is 6.42 Å². The fourth-order valence-electron chi connectivity index (χ4n) is 0.365. The van der Waals surface area contributed by atoms with Crippen molar-refractivity contribution in [3.05, 3.63) is 0 Å². The average Bonchev–Trinajstić information content (AvgIpc) is 1.81. The van der Waals surface area contributed by atoms with Crippen molar-refractivity contribution in [3.63, 3.8) is 0 Å². The first-order chi connectivity index (χ1) is 3.91. The molecule has 0 aliphatic rings. The van der Waals surface area contributed by atoms with Crippen LogP contribution < -0.4 is 5.32 Å². The SMILES string of the molecule is O=CCCNCCO. The van der Waals surface area contributed by atoms with E-state index in [1.165, 1.54) is 0 Å². The molecule has 0 radical (unpaired) electrons. The summed E-state index contributed by atoms with van der Waals surface area (Å²) in [5, 5.41) is 11.1. The predicted molar refractivity (Wildman–Crippen MR) is 30.6 cm³/mol. The van der Waals surface area contributed by atoms with E-state index in [0.717, 1.165) is 6.29 Å². The molecule has 0 saturated carbocycles. The number of hydrogen-bond acceptors (Lipinski definition) is 3. The van der Waals surface area contributed by atoms with Crippen molar-refractivity contribution in [3.8, 4) is 0 Å². The minimum absolute atomic E-state index is 0.138. The third-order valence-corrected chi connectivity index (χ3v) is 0.728. The van der Waals surface area contributed by atoms with Gasteiger partial charge >= 0.3 is 0 Å². The van der Waals surface area contributed by atoms with E-state index in [1.54, 1.807) is 0 Å². The summed E-state index contributed by atoms with van der Waals surface area (Å²) in [6.07, 6.45) is 1.38. The fourth-order valence-corrected chi connectivity index (χ4v) is 0.365. The lowest BCUT2D eigenvalue weighted by atomic mass is 10.5. The second-order valence-electron chi connectivity index (χ2n) is 1.43. The molecule has 0 rings (SSSR count). The average molecular weight is 117 g/mol. The Morgan fingerprint density at radius 2 is 2.25 bits per heavy atom. The highest BCUT2D eigenvalue weighted by Crippen LogP contribution is 1.64. The molecule has 0 heterocycles. The van der Waals surface area contributed by atoms with Crippen molar-refractivity contribution in [2.24, 2.45) is 0 Å². The molecule has 0 aromatic heterocycles. The van der Waals surface area contributed by atoms with Gasteiger partial charge in [-0.25, -0.2) is 0 Å². The zero-order chi connectivity index (χ0) is 6.24. The molecule has 0 fully saturated rings. The van der Waals surface area contributed by atoms with Crippen LogP contribution in [-0.2, 0) is 4.79 Å². The summed E-state index contributed by atoms with van der Waals surface area (Å²) in [6.45, 7) is 1.39. The van der Waals surface area contributed by atoms with E-state index < -0.39 is 0 Å². The van der Waals surface area contributed by atoms with Crippen LogP contribution in [0.4, 0.5) is 0 Å². The molecule has 0 saturated heterocycles. The van der Waals surface area contributed by atoms with Crippen molar-refractivity contribution in [1.82, 2.24) is 5.32 Å². The third kappa shape index (κ3) is 5.59. The summed E-state index contributed by atoms with van der Waals surface area (Å²) in [5.41, 5.74) is 0. The Morgan fingerprint density at radius 3 is 2.75 bits per heavy atom. The van der Waals surface area contributed by atoms with Crippen LogP contribution in [0.25, 0.3) is 0 Å². The van der Waals surface area contributed by atoms with Gasteiger partial charge in [0.2, 0.25) is 0 Å². The van der Waals surface area contributed by atoms with Crippen LogP contribution in [0.1, 0.15) is 6.42 Å². The number of hydrogen-bond donors (Lipinski definition) is 2. The van der Waals surface area contributed by atoms with Crippen LogP contribution in [0.15, 0.2) is 0 Å². The van der Waals surface area contributed by atoms with Crippen molar-refractivity contribution < 1.29 is 9.90 Å². The predicted octanol–water partition coefficient (Wildman–Crippen LogP) is -0.843. The molecular weight excluding hydrogens is 106 g/mol. The lowest BCUT2D eigenvalue weighted by molar-refractivity contribution is -0.107. The van der Waals surface area contributed by atoms with Gasteiger partial charge in [-0.05, 0) is 0 Å². The largest absolute Gasteiger partial charge is 0.395 e. The number of carbonyl (C=O) groups is 1. The summed E-state index contributed by atoms with van der Waals surface area (Å²) in [5.74, 6) is 0. The maximum Gasteiger partial charge on any atom is 0.121 e. The molecular formula is C5H11NO2. The van der Waals surface area contributed by atoms with E-state index in [-0.39, 0.29) is 6.61 Å². The van der Waals surface area contributed by atoms with E-state index in [9.17, 15) is 4.79 Å². The standard InChI is InChI=1S/C5H11NO2/c7-4-1-2-6-3-5-8/h4,6,8H,1-3,5H2.